The highest BCUT2D eigenvalue weighted by atomic mass is 31.2. The van der Waals surface area contributed by atoms with Crippen LogP contribution in [0.4, 0.5) is 17.5 Å². The Kier molecular flexibility index (Phi) is 5.28. The van der Waals surface area contributed by atoms with E-state index in [2.05, 4.69) is 36.6 Å². The third kappa shape index (κ3) is 3.70. The standard InChI is InChI=1S/C22H26N7O2P/c1-24-20-19-14(12-23)13-25-21(19)28-22(27-20)26-17-6-5-16(11-18(17)31-2)32(30)9-7-29(8-10-32)15-3-4-15/h5-6,11,13,15H,3-4,7-10H2,1-2H3,(H3,24,25,26,27,28). The topological polar surface area (TPSA) is 119 Å². The SMILES string of the molecule is CNc1nc(Nc2ccc(P3(=O)CCN(C4CC4)CC3)cc2OC)nc2[nH]cc(C#N)c12. The van der Waals surface area contributed by atoms with Gasteiger partial charge in [-0.2, -0.15) is 15.2 Å². The van der Waals surface area contributed by atoms with E-state index >= 15 is 0 Å². The smallest absolute Gasteiger partial charge is 0.231 e. The maximum Gasteiger partial charge on any atom is 0.231 e. The summed E-state index contributed by atoms with van der Waals surface area (Å²) in [5.74, 6) is 1.52. The van der Waals surface area contributed by atoms with Gasteiger partial charge in [0.15, 0.2) is 0 Å². The summed E-state index contributed by atoms with van der Waals surface area (Å²) in [6, 6.07) is 8.55. The Labute approximate surface area is 186 Å². The molecule has 9 nitrogen and oxygen atoms in total. The summed E-state index contributed by atoms with van der Waals surface area (Å²) in [5.41, 5.74) is 1.73. The van der Waals surface area contributed by atoms with Crippen molar-refractivity contribution in [1.29, 1.82) is 5.26 Å². The lowest BCUT2D eigenvalue weighted by Gasteiger charge is -2.32. The van der Waals surface area contributed by atoms with Crippen molar-refractivity contribution >= 4 is 40.9 Å². The predicted molar refractivity (Wildman–Crippen MR) is 126 cm³/mol. The molecule has 2 aliphatic rings. The molecule has 10 heteroatoms. The number of methoxy groups -OCH3 is 1. The minimum absolute atomic E-state index is 0.364. The molecular weight excluding hydrogens is 425 g/mol. The molecule has 0 bridgehead atoms. The molecule has 1 aromatic carbocycles. The van der Waals surface area contributed by atoms with Gasteiger partial charge < -0.3 is 24.9 Å². The van der Waals surface area contributed by atoms with E-state index in [-0.39, 0.29) is 0 Å². The highest BCUT2D eigenvalue weighted by Crippen LogP contribution is 2.48. The lowest BCUT2D eigenvalue weighted by molar-refractivity contribution is 0.285. The Hall–Kier alpha value is -3.08. The first-order valence-electron chi connectivity index (χ1n) is 10.8. The minimum atomic E-state index is -2.43. The number of nitrogens with one attached hydrogen (secondary N) is 3. The van der Waals surface area contributed by atoms with E-state index in [1.165, 1.54) is 12.8 Å². The van der Waals surface area contributed by atoms with E-state index in [9.17, 15) is 9.83 Å². The van der Waals surface area contributed by atoms with E-state index in [4.69, 9.17) is 4.74 Å². The number of rotatable bonds is 6. The van der Waals surface area contributed by atoms with Gasteiger partial charge in [0.1, 0.15) is 30.4 Å². The maximum absolute atomic E-state index is 13.7. The second kappa shape index (κ2) is 8.12. The van der Waals surface area contributed by atoms with Gasteiger partial charge in [-0.25, -0.2) is 0 Å². The number of aromatic nitrogens is 3. The molecule has 1 aliphatic heterocycles. The van der Waals surface area contributed by atoms with Crippen molar-refractivity contribution in [2.24, 2.45) is 0 Å². The van der Waals surface area contributed by atoms with Gasteiger partial charge in [0.25, 0.3) is 0 Å². The molecule has 3 heterocycles. The minimum Gasteiger partial charge on any atom is -0.495 e. The summed E-state index contributed by atoms with van der Waals surface area (Å²) in [6.07, 6.45) is 5.62. The van der Waals surface area contributed by atoms with Crippen LogP contribution in [0.3, 0.4) is 0 Å². The van der Waals surface area contributed by atoms with Crippen molar-refractivity contribution in [3.05, 3.63) is 30.0 Å². The molecule has 166 valence electrons. The third-order valence-electron chi connectivity index (χ3n) is 6.35. The van der Waals surface area contributed by atoms with Crippen molar-refractivity contribution in [3.8, 4) is 11.8 Å². The molecule has 0 atom stereocenters. The van der Waals surface area contributed by atoms with Crippen LogP contribution in [0.1, 0.15) is 18.4 Å². The summed E-state index contributed by atoms with van der Waals surface area (Å²) >= 11 is 0. The number of ether oxygens (including phenoxy) is 1. The van der Waals surface area contributed by atoms with Crippen LogP contribution in [-0.4, -0.2) is 65.5 Å². The largest absolute Gasteiger partial charge is 0.495 e. The van der Waals surface area contributed by atoms with Crippen LogP contribution in [0, 0.1) is 11.3 Å². The van der Waals surface area contributed by atoms with Crippen LogP contribution in [0.15, 0.2) is 24.4 Å². The second-order valence-electron chi connectivity index (χ2n) is 8.30. The van der Waals surface area contributed by atoms with Crippen molar-refractivity contribution in [3.63, 3.8) is 0 Å². The van der Waals surface area contributed by atoms with Crippen molar-refractivity contribution in [2.75, 3.05) is 50.2 Å². The molecule has 1 saturated carbocycles. The monoisotopic (exact) mass is 451 g/mol. The molecule has 2 aromatic heterocycles. The fourth-order valence-corrected chi connectivity index (χ4v) is 6.98. The van der Waals surface area contributed by atoms with E-state index < -0.39 is 7.14 Å². The summed E-state index contributed by atoms with van der Waals surface area (Å²) in [7, 11) is 0.921. The first-order chi connectivity index (χ1) is 15.5. The first-order valence-corrected chi connectivity index (χ1v) is 12.9. The zero-order valence-electron chi connectivity index (χ0n) is 18.2. The van der Waals surface area contributed by atoms with Gasteiger partial charge >= 0.3 is 0 Å². The summed E-state index contributed by atoms with van der Waals surface area (Å²) in [6.45, 7) is 1.82. The maximum atomic E-state index is 13.7. The second-order valence-corrected chi connectivity index (χ2v) is 11.5. The average Bonchev–Trinajstić information content (AvgIpc) is 3.58. The molecule has 1 saturated heterocycles. The Morgan fingerprint density at radius 2 is 2.06 bits per heavy atom. The number of hydrogen-bond donors (Lipinski definition) is 3. The zero-order chi connectivity index (χ0) is 22.3. The number of anilines is 3. The number of benzene rings is 1. The van der Waals surface area contributed by atoms with Gasteiger partial charge in [0.2, 0.25) is 5.95 Å². The van der Waals surface area contributed by atoms with E-state index in [1.807, 2.05) is 18.2 Å². The quantitative estimate of drug-likeness (QED) is 0.489. The fraction of sp³-hybridized carbons (Fsp3) is 0.409. The van der Waals surface area contributed by atoms with Gasteiger partial charge in [-0.3, -0.25) is 4.90 Å². The van der Waals surface area contributed by atoms with Crippen LogP contribution >= 0.6 is 7.14 Å². The number of nitrogens with zero attached hydrogens (tertiary/aromatic N) is 4. The molecular formula is C22H26N7O2P. The molecule has 0 unspecified atom stereocenters. The van der Waals surface area contributed by atoms with Crippen LogP contribution in [0.5, 0.6) is 5.75 Å². The lowest BCUT2D eigenvalue weighted by atomic mass is 10.2. The summed E-state index contributed by atoms with van der Waals surface area (Å²) in [4.78, 5) is 14.5. The Morgan fingerprint density at radius 3 is 2.72 bits per heavy atom. The van der Waals surface area contributed by atoms with Gasteiger partial charge in [0, 0.05) is 50.0 Å². The van der Waals surface area contributed by atoms with Crippen molar-refractivity contribution in [2.45, 2.75) is 18.9 Å². The van der Waals surface area contributed by atoms with E-state index in [1.54, 1.807) is 20.4 Å². The Bertz CT molecular complexity index is 1250. The number of aromatic amines is 1. The molecule has 0 radical (unpaired) electrons. The number of H-pyrrole nitrogens is 1. The molecule has 2 fully saturated rings. The summed E-state index contributed by atoms with van der Waals surface area (Å²) in [5, 5.41) is 17.0. The highest BCUT2D eigenvalue weighted by molar-refractivity contribution is 7.71. The third-order valence-corrected chi connectivity index (χ3v) is 9.42. The number of hydrogen-bond acceptors (Lipinski definition) is 8. The fourth-order valence-electron chi connectivity index (χ4n) is 4.38. The predicted octanol–water partition coefficient (Wildman–Crippen LogP) is 3.09. The van der Waals surface area contributed by atoms with Crippen LogP contribution in [0.2, 0.25) is 0 Å². The van der Waals surface area contributed by atoms with Crippen LogP contribution < -0.4 is 20.7 Å². The van der Waals surface area contributed by atoms with Crippen molar-refractivity contribution in [1.82, 2.24) is 19.9 Å². The first kappa shape index (κ1) is 20.8. The normalized spacial score (nSPS) is 18.3. The molecule has 5 rings (SSSR count). The van der Waals surface area contributed by atoms with E-state index in [0.717, 1.165) is 30.7 Å². The van der Waals surface area contributed by atoms with Crippen LogP contribution in [-0.2, 0) is 4.57 Å². The van der Waals surface area contributed by atoms with Gasteiger partial charge in [-0.05, 0) is 31.0 Å². The van der Waals surface area contributed by atoms with Crippen LogP contribution in [0.25, 0.3) is 11.0 Å². The van der Waals surface area contributed by atoms with Crippen molar-refractivity contribution < 1.29 is 9.30 Å². The number of fused-ring (bicyclic) bond motifs is 1. The number of nitriles is 1. The highest BCUT2D eigenvalue weighted by Gasteiger charge is 2.37. The molecule has 0 amide bonds. The van der Waals surface area contributed by atoms with Gasteiger partial charge in [-0.1, -0.05) is 0 Å². The Morgan fingerprint density at radius 1 is 1.28 bits per heavy atom. The molecule has 3 aromatic rings. The molecule has 3 N–H and O–H groups in total. The average molecular weight is 451 g/mol. The summed E-state index contributed by atoms with van der Waals surface area (Å²) < 4.78 is 19.3. The zero-order valence-corrected chi connectivity index (χ0v) is 19.1. The molecule has 32 heavy (non-hydrogen) atoms. The van der Waals surface area contributed by atoms with Gasteiger partial charge in [-0.15, -0.1) is 0 Å². The van der Waals surface area contributed by atoms with E-state index in [0.29, 0.717) is 45.8 Å². The van der Waals surface area contributed by atoms with Gasteiger partial charge in [0.05, 0.1) is 23.7 Å². The molecule has 1 aliphatic carbocycles. The molecule has 0 spiro atoms. The Balaban J connectivity index is 1.41. The lowest BCUT2D eigenvalue weighted by Crippen LogP contribution is -2.38.